The fourth-order valence-corrected chi connectivity index (χ4v) is 5.57. The largest absolute Gasteiger partial charge is 0.466 e. The molecule has 2 amide bonds. The van der Waals surface area contributed by atoms with Gasteiger partial charge >= 0.3 is 5.97 Å². The summed E-state index contributed by atoms with van der Waals surface area (Å²) in [5, 5.41) is 0. The zero-order chi connectivity index (χ0) is 23.6. The van der Waals surface area contributed by atoms with Crippen molar-refractivity contribution in [3.05, 3.63) is 35.6 Å². The Morgan fingerprint density at radius 1 is 1.18 bits per heavy atom. The maximum Gasteiger partial charge on any atom is 0.309 e. The number of benzene rings is 1. The van der Waals surface area contributed by atoms with Gasteiger partial charge in [-0.05, 0) is 57.1 Å². The number of ether oxygens (including phenoxy) is 2. The average Bonchev–Trinajstić information content (AvgIpc) is 3.16. The number of hydrogen-bond acceptors (Lipinski definition) is 5. The Morgan fingerprint density at radius 2 is 1.91 bits per heavy atom. The van der Waals surface area contributed by atoms with E-state index in [1.54, 1.807) is 24.0 Å². The third-order valence-electron chi connectivity index (χ3n) is 7.23. The normalized spacial score (nSPS) is 28.2. The molecule has 1 aromatic rings. The second-order valence-corrected chi connectivity index (χ2v) is 9.48. The fourth-order valence-electron chi connectivity index (χ4n) is 5.57. The van der Waals surface area contributed by atoms with Crippen molar-refractivity contribution in [2.24, 2.45) is 11.8 Å². The Balaban J connectivity index is 1.56. The molecule has 7 nitrogen and oxygen atoms in total. The smallest absolute Gasteiger partial charge is 0.309 e. The van der Waals surface area contributed by atoms with Gasteiger partial charge in [-0.25, -0.2) is 4.39 Å². The molecule has 33 heavy (non-hydrogen) atoms. The molecule has 0 aromatic heterocycles. The van der Waals surface area contributed by atoms with E-state index >= 15 is 0 Å². The molecule has 0 unspecified atom stereocenters. The number of likely N-dealkylation sites (tertiary alicyclic amines) is 1. The summed E-state index contributed by atoms with van der Waals surface area (Å²) in [4.78, 5) is 42.5. The first-order valence-corrected chi connectivity index (χ1v) is 12.0. The molecule has 3 aliphatic rings. The van der Waals surface area contributed by atoms with Crippen LogP contribution >= 0.6 is 0 Å². The molecule has 0 radical (unpaired) electrons. The molecule has 2 aliphatic heterocycles. The lowest BCUT2D eigenvalue weighted by Gasteiger charge is -2.44. The molecular weight excluding hydrogens is 427 g/mol. The number of halogens is 1. The molecule has 8 heteroatoms. The van der Waals surface area contributed by atoms with Crippen LogP contribution in [0.1, 0.15) is 62.7 Å². The third-order valence-corrected chi connectivity index (χ3v) is 7.23. The van der Waals surface area contributed by atoms with Gasteiger partial charge < -0.3 is 14.4 Å². The lowest BCUT2D eigenvalue weighted by Crippen LogP contribution is -2.58. The zero-order valence-corrected chi connectivity index (χ0v) is 19.4. The molecule has 2 saturated heterocycles. The SMILES string of the molecule is CCOC(=O)C1CCN(C(=O)[C@@H]2CO[C@]3(CCC[C@@H](C)C3)N2C(=O)c2ccccc2F)CC1. The predicted octanol–water partition coefficient (Wildman–Crippen LogP) is 3.37. The number of hydrogen-bond donors (Lipinski definition) is 0. The highest BCUT2D eigenvalue weighted by molar-refractivity contribution is 5.98. The summed E-state index contributed by atoms with van der Waals surface area (Å²) >= 11 is 0. The quantitative estimate of drug-likeness (QED) is 0.644. The summed E-state index contributed by atoms with van der Waals surface area (Å²) in [5.41, 5.74) is -0.930. The number of nitrogens with zero attached hydrogens (tertiary/aromatic N) is 2. The van der Waals surface area contributed by atoms with E-state index in [1.165, 1.54) is 17.0 Å². The monoisotopic (exact) mass is 460 g/mol. The van der Waals surface area contributed by atoms with Gasteiger partial charge in [0.2, 0.25) is 5.91 Å². The summed E-state index contributed by atoms with van der Waals surface area (Å²) in [6, 6.07) is 5.09. The van der Waals surface area contributed by atoms with Crippen LogP contribution in [0.15, 0.2) is 24.3 Å². The number of esters is 1. The molecule has 0 N–H and O–H groups in total. The van der Waals surface area contributed by atoms with Crippen molar-refractivity contribution in [2.75, 3.05) is 26.3 Å². The number of carbonyl (C=O) groups excluding carboxylic acids is 3. The van der Waals surface area contributed by atoms with Crippen molar-refractivity contribution in [2.45, 2.75) is 64.1 Å². The number of carbonyl (C=O) groups is 3. The minimum absolute atomic E-state index is 0.0422. The van der Waals surface area contributed by atoms with Gasteiger partial charge in [-0.15, -0.1) is 0 Å². The van der Waals surface area contributed by atoms with Crippen LogP contribution in [0.5, 0.6) is 0 Å². The highest BCUT2D eigenvalue weighted by Crippen LogP contribution is 2.44. The minimum Gasteiger partial charge on any atom is -0.466 e. The van der Waals surface area contributed by atoms with E-state index < -0.39 is 23.5 Å². The van der Waals surface area contributed by atoms with Crippen LogP contribution < -0.4 is 0 Å². The summed E-state index contributed by atoms with van der Waals surface area (Å²) in [7, 11) is 0. The number of piperidine rings is 1. The molecule has 3 atom stereocenters. The first kappa shape index (κ1) is 23.7. The van der Waals surface area contributed by atoms with Gasteiger partial charge in [0.15, 0.2) is 0 Å². The molecule has 2 heterocycles. The Labute approximate surface area is 194 Å². The van der Waals surface area contributed by atoms with Gasteiger partial charge in [0.1, 0.15) is 17.6 Å². The highest BCUT2D eigenvalue weighted by Gasteiger charge is 2.55. The minimum atomic E-state index is -0.888. The first-order valence-electron chi connectivity index (χ1n) is 12.0. The molecule has 1 aromatic carbocycles. The van der Waals surface area contributed by atoms with E-state index in [1.807, 2.05) is 0 Å². The van der Waals surface area contributed by atoms with Crippen LogP contribution in [-0.2, 0) is 19.1 Å². The van der Waals surface area contributed by atoms with Gasteiger partial charge in [0.05, 0.1) is 24.7 Å². The average molecular weight is 461 g/mol. The topological polar surface area (TPSA) is 76.2 Å². The van der Waals surface area contributed by atoms with Crippen molar-refractivity contribution in [1.82, 2.24) is 9.80 Å². The molecule has 180 valence electrons. The van der Waals surface area contributed by atoms with Crippen molar-refractivity contribution in [3.8, 4) is 0 Å². The Hall–Kier alpha value is -2.48. The third kappa shape index (κ3) is 4.63. The summed E-state index contributed by atoms with van der Waals surface area (Å²) in [6.07, 6.45) is 4.23. The second kappa shape index (κ2) is 9.79. The van der Waals surface area contributed by atoms with E-state index in [2.05, 4.69) is 6.92 Å². The lowest BCUT2D eigenvalue weighted by molar-refractivity contribution is -0.152. The maximum absolute atomic E-state index is 14.6. The molecule has 3 fully saturated rings. The summed E-state index contributed by atoms with van der Waals surface area (Å²) < 4.78 is 25.9. The van der Waals surface area contributed by atoms with Gasteiger partial charge in [-0.2, -0.15) is 0 Å². The Morgan fingerprint density at radius 3 is 2.58 bits per heavy atom. The van der Waals surface area contributed by atoms with Gasteiger partial charge in [-0.3, -0.25) is 19.3 Å². The molecule has 0 bridgehead atoms. The summed E-state index contributed by atoms with van der Waals surface area (Å²) in [6.45, 7) is 5.17. The van der Waals surface area contributed by atoms with Crippen molar-refractivity contribution in [3.63, 3.8) is 0 Å². The first-order chi connectivity index (χ1) is 15.9. The second-order valence-electron chi connectivity index (χ2n) is 9.48. The number of amides is 2. The molecule has 1 saturated carbocycles. The fraction of sp³-hybridized carbons (Fsp3) is 0.640. The standard InChI is InChI=1S/C25H33FN2O5/c1-3-32-24(31)18-10-13-27(14-11-18)23(30)21-16-33-25(12-6-7-17(2)15-25)28(21)22(29)19-8-4-5-9-20(19)26/h4-5,8-9,17-18,21H,3,6-7,10-16H2,1-2H3/t17-,21+,25+/m1/s1. The van der Waals surface area contributed by atoms with Gasteiger partial charge in [-0.1, -0.05) is 25.5 Å². The van der Waals surface area contributed by atoms with Crippen molar-refractivity contribution >= 4 is 17.8 Å². The maximum atomic E-state index is 14.6. The Bertz CT molecular complexity index is 901. The predicted molar refractivity (Wildman–Crippen MR) is 119 cm³/mol. The van der Waals surface area contributed by atoms with Crippen molar-refractivity contribution < 1.29 is 28.2 Å². The molecular formula is C25H33FN2O5. The molecule has 1 spiro atoms. The van der Waals surface area contributed by atoms with Crippen LogP contribution in [0.4, 0.5) is 4.39 Å². The van der Waals surface area contributed by atoms with Crippen LogP contribution in [0.2, 0.25) is 0 Å². The van der Waals surface area contributed by atoms with Crippen LogP contribution in [0, 0.1) is 17.7 Å². The van der Waals surface area contributed by atoms with E-state index in [0.29, 0.717) is 51.3 Å². The number of rotatable bonds is 4. The lowest BCUT2D eigenvalue weighted by atomic mass is 9.82. The van der Waals surface area contributed by atoms with E-state index in [4.69, 9.17) is 9.47 Å². The zero-order valence-electron chi connectivity index (χ0n) is 19.4. The van der Waals surface area contributed by atoms with Crippen molar-refractivity contribution in [1.29, 1.82) is 0 Å². The van der Waals surface area contributed by atoms with Crippen LogP contribution in [-0.4, -0.2) is 65.7 Å². The molecule has 1 aliphatic carbocycles. The van der Waals surface area contributed by atoms with Gasteiger partial charge in [0.25, 0.3) is 5.91 Å². The van der Waals surface area contributed by atoms with E-state index in [9.17, 15) is 18.8 Å². The highest BCUT2D eigenvalue weighted by atomic mass is 19.1. The van der Waals surface area contributed by atoms with Crippen LogP contribution in [0.3, 0.4) is 0 Å². The summed E-state index contributed by atoms with van der Waals surface area (Å²) in [5.74, 6) is -1.40. The van der Waals surface area contributed by atoms with Crippen LogP contribution in [0.25, 0.3) is 0 Å². The Kier molecular flexibility index (Phi) is 7.02. The molecule has 4 rings (SSSR count). The van der Waals surface area contributed by atoms with Gasteiger partial charge in [0, 0.05) is 13.1 Å². The van der Waals surface area contributed by atoms with E-state index in [0.717, 1.165) is 12.8 Å². The van der Waals surface area contributed by atoms with E-state index in [-0.39, 0.29) is 30.0 Å².